The van der Waals surface area contributed by atoms with Gasteiger partial charge in [-0.1, -0.05) is 11.6 Å². The van der Waals surface area contributed by atoms with Crippen LogP contribution in [0.15, 0.2) is 34.2 Å². The van der Waals surface area contributed by atoms with Gasteiger partial charge in [0.05, 0.1) is 0 Å². The van der Waals surface area contributed by atoms with Crippen molar-refractivity contribution in [1.29, 1.82) is 0 Å². The molecule has 0 fully saturated rings. The molecule has 172 valence electrons. The lowest BCUT2D eigenvalue weighted by Crippen LogP contribution is -2.42. The fraction of sp³-hybridized carbons (Fsp3) is 0.600. The van der Waals surface area contributed by atoms with E-state index in [2.05, 4.69) is 27.6 Å². The maximum Gasteiger partial charge on any atom is 0.243 e. The van der Waals surface area contributed by atoms with Gasteiger partial charge in [-0.15, -0.1) is 35.7 Å². The number of halogens is 2. The van der Waals surface area contributed by atoms with E-state index in [9.17, 15) is 4.79 Å². The third-order valence-electron chi connectivity index (χ3n) is 4.02. The van der Waals surface area contributed by atoms with Gasteiger partial charge in [0, 0.05) is 69.7 Å². The monoisotopic (exact) mass is 571 g/mol. The summed E-state index contributed by atoms with van der Waals surface area (Å²) < 4.78 is 5.09. The third kappa shape index (κ3) is 14.3. The molecule has 0 saturated carbocycles. The number of aliphatic imine (C=N–C) groups is 1. The number of carbonyl (C=O) groups is 1. The Balaban J connectivity index is 0.00000841. The molecular formula is C20H35ClIN5O2S. The summed E-state index contributed by atoms with van der Waals surface area (Å²) in [4.78, 5) is 21.2. The zero-order chi connectivity index (χ0) is 21.5. The van der Waals surface area contributed by atoms with Gasteiger partial charge in [-0.05, 0) is 37.7 Å². The van der Waals surface area contributed by atoms with E-state index in [1.54, 1.807) is 37.9 Å². The van der Waals surface area contributed by atoms with Gasteiger partial charge in [-0.25, -0.2) is 4.99 Å². The largest absolute Gasteiger partial charge is 0.385 e. The van der Waals surface area contributed by atoms with Gasteiger partial charge < -0.3 is 25.2 Å². The number of methoxy groups -OCH3 is 1. The van der Waals surface area contributed by atoms with Gasteiger partial charge in [-0.3, -0.25) is 4.79 Å². The number of ether oxygens (including phenoxy) is 1. The van der Waals surface area contributed by atoms with Crippen LogP contribution in [0.1, 0.15) is 6.42 Å². The number of nitrogens with one attached hydrogen (secondary N) is 2. The summed E-state index contributed by atoms with van der Waals surface area (Å²) in [6.45, 7) is 4.23. The lowest BCUT2D eigenvalue weighted by Gasteiger charge is -2.18. The standard InChI is InChI=1S/C20H34ClN5O2S.HI/c1-25(2)19(27)16-24-20(22-10-13-26(3)12-5-14-28-4)23-11-15-29-18-8-6-17(21)7-9-18;/h6-9H,5,10-16H2,1-4H3,(H2,22,23,24);1H. The van der Waals surface area contributed by atoms with Crippen LogP contribution in [0.4, 0.5) is 0 Å². The molecule has 1 aromatic carbocycles. The minimum absolute atomic E-state index is 0. The van der Waals surface area contributed by atoms with Crippen molar-refractivity contribution in [3.05, 3.63) is 29.3 Å². The topological polar surface area (TPSA) is 69.2 Å². The van der Waals surface area contributed by atoms with Gasteiger partial charge >= 0.3 is 0 Å². The van der Waals surface area contributed by atoms with Crippen molar-refractivity contribution >= 4 is 59.2 Å². The predicted octanol–water partition coefficient (Wildman–Crippen LogP) is 2.64. The van der Waals surface area contributed by atoms with Gasteiger partial charge in [-0.2, -0.15) is 0 Å². The first-order valence-electron chi connectivity index (χ1n) is 9.70. The Labute approximate surface area is 207 Å². The average Bonchev–Trinajstić information content (AvgIpc) is 2.70. The average molecular weight is 572 g/mol. The van der Waals surface area contributed by atoms with E-state index >= 15 is 0 Å². The van der Waals surface area contributed by atoms with Crippen molar-refractivity contribution in [3.8, 4) is 0 Å². The number of hydrogen-bond acceptors (Lipinski definition) is 5. The molecular weight excluding hydrogens is 537 g/mol. The summed E-state index contributed by atoms with van der Waals surface area (Å²) in [5, 5.41) is 7.35. The highest BCUT2D eigenvalue weighted by atomic mass is 127. The molecule has 0 bridgehead atoms. The Morgan fingerprint density at radius 3 is 2.43 bits per heavy atom. The molecule has 7 nitrogen and oxygen atoms in total. The minimum Gasteiger partial charge on any atom is -0.385 e. The summed E-state index contributed by atoms with van der Waals surface area (Å²) in [5.74, 6) is 1.50. The van der Waals surface area contributed by atoms with Crippen LogP contribution < -0.4 is 10.6 Å². The van der Waals surface area contributed by atoms with E-state index in [1.165, 1.54) is 4.90 Å². The van der Waals surface area contributed by atoms with Crippen molar-refractivity contribution in [2.45, 2.75) is 11.3 Å². The molecule has 0 unspecified atom stereocenters. The highest BCUT2D eigenvalue weighted by Gasteiger charge is 2.05. The summed E-state index contributed by atoms with van der Waals surface area (Å²) in [6, 6.07) is 7.80. The SMILES string of the molecule is COCCCN(C)CCNC(=NCC(=O)N(C)C)NCCSc1ccc(Cl)cc1.I. The van der Waals surface area contributed by atoms with Crippen LogP contribution in [0.2, 0.25) is 5.02 Å². The van der Waals surface area contributed by atoms with Gasteiger partial charge in [0.1, 0.15) is 6.54 Å². The number of guanidine groups is 1. The molecule has 0 heterocycles. The Morgan fingerprint density at radius 1 is 1.13 bits per heavy atom. The molecule has 2 N–H and O–H groups in total. The molecule has 0 atom stereocenters. The fourth-order valence-electron chi connectivity index (χ4n) is 2.29. The van der Waals surface area contributed by atoms with Gasteiger partial charge in [0.2, 0.25) is 5.91 Å². The molecule has 0 saturated heterocycles. The predicted molar refractivity (Wildman–Crippen MR) is 139 cm³/mol. The highest BCUT2D eigenvalue weighted by Crippen LogP contribution is 2.19. The molecule has 0 aliphatic rings. The number of carbonyl (C=O) groups excluding carboxylic acids is 1. The van der Waals surface area contributed by atoms with E-state index in [4.69, 9.17) is 16.3 Å². The molecule has 30 heavy (non-hydrogen) atoms. The van der Waals surface area contributed by atoms with E-state index in [0.717, 1.165) is 50.0 Å². The van der Waals surface area contributed by atoms with E-state index < -0.39 is 0 Å². The van der Waals surface area contributed by atoms with Crippen molar-refractivity contribution in [3.63, 3.8) is 0 Å². The first-order chi connectivity index (χ1) is 13.9. The molecule has 1 rings (SSSR count). The zero-order valence-electron chi connectivity index (χ0n) is 18.3. The normalized spacial score (nSPS) is 11.2. The summed E-state index contributed by atoms with van der Waals surface area (Å²) in [7, 11) is 7.27. The number of amides is 1. The van der Waals surface area contributed by atoms with Gasteiger partial charge in [0.25, 0.3) is 0 Å². The zero-order valence-corrected chi connectivity index (χ0v) is 22.2. The highest BCUT2D eigenvalue weighted by molar-refractivity contribution is 14.0. The lowest BCUT2D eigenvalue weighted by molar-refractivity contribution is -0.127. The maximum absolute atomic E-state index is 11.8. The molecule has 0 spiro atoms. The minimum atomic E-state index is -0.0293. The lowest BCUT2D eigenvalue weighted by atomic mass is 10.4. The number of benzene rings is 1. The van der Waals surface area contributed by atoms with Crippen LogP contribution in [0.25, 0.3) is 0 Å². The third-order valence-corrected chi connectivity index (χ3v) is 5.29. The fourth-order valence-corrected chi connectivity index (χ4v) is 3.18. The van der Waals surface area contributed by atoms with Crippen LogP contribution in [-0.2, 0) is 9.53 Å². The van der Waals surface area contributed by atoms with E-state index in [1.807, 2.05) is 24.3 Å². The van der Waals surface area contributed by atoms with E-state index in [-0.39, 0.29) is 36.4 Å². The second-order valence-electron chi connectivity index (χ2n) is 6.76. The molecule has 0 aromatic heterocycles. The Hall–Kier alpha value is -0.750. The van der Waals surface area contributed by atoms with Crippen LogP contribution in [0.3, 0.4) is 0 Å². The number of hydrogen-bond donors (Lipinski definition) is 2. The molecule has 10 heteroatoms. The Bertz CT molecular complexity index is 620. The second kappa shape index (κ2) is 17.9. The van der Waals surface area contributed by atoms with Crippen LogP contribution >= 0.6 is 47.3 Å². The molecule has 0 aliphatic heterocycles. The quantitative estimate of drug-likeness (QED) is 0.125. The number of nitrogens with zero attached hydrogens (tertiary/aromatic N) is 3. The molecule has 0 radical (unpaired) electrons. The summed E-state index contributed by atoms with van der Waals surface area (Å²) >= 11 is 7.66. The maximum atomic E-state index is 11.8. The molecule has 0 aliphatic carbocycles. The van der Waals surface area contributed by atoms with Crippen molar-refractivity contribution in [2.75, 3.05) is 73.3 Å². The van der Waals surface area contributed by atoms with Crippen molar-refractivity contribution in [2.24, 2.45) is 4.99 Å². The summed E-state index contributed by atoms with van der Waals surface area (Å²) in [6.07, 6.45) is 1.01. The molecule has 1 amide bonds. The van der Waals surface area contributed by atoms with Gasteiger partial charge in [0.15, 0.2) is 5.96 Å². The van der Waals surface area contributed by atoms with Crippen molar-refractivity contribution in [1.82, 2.24) is 20.4 Å². The first kappa shape index (κ1) is 29.2. The Morgan fingerprint density at radius 2 is 1.80 bits per heavy atom. The number of likely N-dealkylation sites (N-methyl/N-ethyl adjacent to an activating group) is 2. The second-order valence-corrected chi connectivity index (χ2v) is 8.36. The summed E-state index contributed by atoms with van der Waals surface area (Å²) in [5.41, 5.74) is 0. The first-order valence-corrected chi connectivity index (χ1v) is 11.1. The van der Waals surface area contributed by atoms with E-state index in [0.29, 0.717) is 5.96 Å². The van der Waals surface area contributed by atoms with Crippen LogP contribution in [0, 0.1) is 0 Å². The number of rotatable bonds is 13. The van der Waals surface area contributed by atoms with Crippen molar-refractivity contribution < 1.29 is 9.53 Å². The Kier molecular flexibility index (Phi) is 17.4. The molecule has 1 aromatic rings. The van der Waals surface area contributed by atoms with Crippen LogP contribution in [0.5, 0.6) is 0 Å². The number of thioether (sulfide) groups is 1. The smallest absolute Gasteiger partial charge is 0.243 e. The van der Waals surface area contributed by atoms with Crippen LogP contribution in [-0.4, -0.2) is 95.0 Å².